The number of para-hydroxylation sites is 2. The van der Waals surface area contributed by atoms with Gasteiger partial charge in [-0.25, -0.2) is 0 Å². The van der Waals surface area contributed by atoms with Crippen LogP contribution in [0.25, 0.3) is 0 Å². The molecule has 2 aliphatic heterocycles. The Morgan fingerprint density at radius 2 is 1.92 bits per heavy atom. The molecule has 5 heteroatoms. The second-order valence-electron chi connectivity index (χ2n) is 7.35. The Kier molecular flexibility index (Phi) is 5.98. The Labute approximate surface area is 144 Å². The number of aliphatic hydroxyl groups is 1. The fourth-order valence-electron chi connectivity index (χ4n) is 3.77. The minimum Gasteiger partial charge on any atom is -0.486 e. The zero-order chi connectivity index (χ0) is 16.9. The van der Waals surface area contributed by atoms with Crippen molar-refractivity contribution < 1.29 is 19.3 Å². The molecule has 1 aromatic carbocycles. The molecule has 2 heterocycles. The summed E-state index contributed by atoms with van der Waals surface area (Å²) >= 11 is 0. The number of benzene rings is 1. The summed E-state index contributed by atoms with van der Waals surface area (Å²) in [7, 11) is 0. The van der Waals surface area contributed by atoms with Crippen molar-refractivity contribution in [1.82, 2.24) is 4.90 Å². The molecule has 0 amide bonds. The highest BCUT2D eigenvalue weighted by atomic mass is 16.6. The van der Waals surface area contributed by atoms with E-state index in [0.717, 1.165) is 24.6 Å². The second kappa shape index (κ2) is 8.19. The van der Waals surface area contributed by atoms with Crippen LogP contribution in [0.2, 0.25) is 0 Å². The van der Waals surface area contributed by atoms with Crippen molar-refractivity contribution in [3.05, 3.63) is 24.3 Å². The maximum Gasteiger partial charge on any atom is 0.161 e. The number of rotatable bonds is 6. The van der Waals surface area contributed by atoms with Gasteiger partial charge in [0.2, 0.25) is 0 Å². The van der Waals surface area contributed by atoms with Gasteiger partial charge in [-0.15, -0.1) is 0 Å². The highest BCUT2D eigenvalue weighted by molar-refractivity contribution is 5.40. The van der Waals surface area contributed by atoms with Crippen LogP contribution in [0.4, 0.5) is 0 Å². The van der Waals surface area contributed by atoms with E-state index >= 15 is 0 Å². The fourth-order valence-corrected chi connectivity index (χ4v) is 3.77. The summed E-state index contributed by atoms with van der Waals surface area (Å²) in [4.78, 5) is 2.35. The summed E-state index contributed by atoms with van der Waals surface area (Å²) in [5.41, 5.74) is 0. The average molecular weight is 335 g/mol. The van der Waals surface area contributed by atoms with Gasteiger partial charge in [0.25, 0.3) is 0 Å². The van der Waals surface area contributed by atoms with Crippen LogP contribution >= 0.6 is 0 Å². The lowest BCUT2D eigenvalue weighted by molar-refractivity contribution is -0.0331. The first-order valence-electron chi connectivity index (χ1n) is 8.96. The molecule has 2 aliphatic rings. The predicted molar refractivity (Wildman–Crippen MR) is 92.6 cm³/mol. The molecule has 5 nitrogen and oxygen atoms in total. The van der Waals surface area contributed by atoms with Crippen LogP contribution in [-0.2, 0) is 4.74 Å². The largest absolute Gasteiger partial charge is 0.486 e. The van der Waals surface area contributed by atoms with Crippen molar-refractivity contribution in [2.24, 2.45) is 11.8 Å². The molecule has 0 spiro atoms. The van der Waals surface area contributed by atoms with Crippen LogP contribution in [0.15, 0.2) is 24.3 Å². The number of hydrogen-bond donors (Lipinski definition) is 1. The lowest BCUT2D eigenvalue weighted by Gasteiger charge is -2.36. The topological polar surface area (TPSA) is 51.2 Å². The van der Waals surface area contributed by atoms with Gasteiger partial charge in [0.05, 0.1) is 19.3 Å². The van der Waals surface area contributed by atoms with Crippen LogP contribution in [0, 0.1) is 11.8 Å². The average Bonchev–Trinajstić information content (AvgIpc) is 2.53. The molecule has 3 rings (SSSR count). The molecule has 0 bridgehead atoms. The quantitative estimate of drug-likeness (QED) is 0.863. The number of likely N-dealkylation sites (tertiary alicyclic amines) is 1. The number of β-amino-alcohol motifs (C(OH)–C–C–N with tert-alkyl or cyclic N) is 1. The van der Waals surface area contributed by atoms with Crippen LogP contribution < -0.4 is 9.47 Å². The van der Waals surface area contributed by atoms with Gasteiger partial charge in [-0.05, 0) is 30.4 Å². The van der Waals surface area contributed by atoms with E-state index in [0.29, 0.717) is 38.2 Å². The third-order valence-corrected chi connectivity index (χ3v) is 4.59. The SMILES string of the molecule is C[C@@H]1C[C@H](C)CN(C[C@@H](O)COC[C@H]2COc3ccccc3O2)C1. The lowest BCUT2D eigenvalue weighted by atomic mass is 9.92. The Bertz CT molecular complexity index is 514. The second-order valence-corrected chi connectivity index (χ2v) is 7.35. The molecule has 1 saturated heterocycles. The summed E-state index contributed by atoms with van der Waals surface area (Å²) in [5, 5.41) is 10.2. The normalized spacial score (nSPS) is 28.5. The summed E-state index contributed by atoms with van der Waals surface area (Å²) in [6, 6.07) is 7.65. The first kappa shape index (κ1) is 17.5. The zero-order valence-corrected chi connectivity index (χ0v) is 14.7. The van der Waals surface area contributed by atoms with Gasteiger partial charge in [-0.1, -0.05) is 26.0 Å². The van der Waals surface area contributed by atoms with Gasteiger partial charge in [0, 0.05) is 19.6 Å². The maximum absolute atomic E-state index is 10.2. The van der Waals surface area contributed by atoms with Gasteiger partial charge in [-0.2, -0.15) is 0 Å². The molecular formula is C19H29NO4. The van der Waals surface area contributed by atoms with E-state index in [9.17, 15) is 5.11 Å². The molecular weight excluding hydrogens is 306 g/mol. The molecule has 24 heavy (non-hydrogen) atoms. The van der Waals surface area contributed by atoms with E-state index in [1.54, 1.807) is 0 Å². The Hall–Kier alpha value is -1.30. The molecule has 0 unspecified atom stereocenters. The van der Waals surface area contributed by atoms with Crippen molar-refractivity contribution in [1.29, 1.82) is 0 Å². The van der Waals surface area contributed by atoms with Crippen molar-refractivity contribution in [3.63, 3.8) is 0 Å². The monoisotopic (exact) mass is 335 g/mol. The summed E-state index contributed by atoms with van der Waals surface area (Å²) in [6.45, 7) is 8.62. The minimum atomic E-state index is -0.459. The van der Waals surface area contributed by atoms with E-state index in [2.05, 4.69) is 18.7 Å². The Balaban J connectivity index is 1.36. The van der Waals surface area contributed by atoms with Gasteiger partial charge >= 0.3 is 0 Å². The smallest absolute Gasteiger partial charge is 0.161 e. The standard InChI is InChI=1S/C19H29NO4/c1-14-7-15(2)9-20(8-14)10-16(21)11-22-12-17-13-23-18-5-3-4-6-19(18)24-17/h3-6,14-17,21H,7-13H2,1-2H3/t14-,15+,16-,17+/m1/s1. The van der Waals surface area contributed by atoms with Gasteiger partial charge in [0.1, 0.15) is 6.61 Å². The van der Waals surface area contributed by atoms with Crippen LogP contribution in [0.3, 0.4) is 0 Å². The van der Waals surface area contributed by atoms with Crippen molar-refractivity contribution in [2.75, 3.05) is 39.5 Å². The molecule has 4 atom stereocenters. The lowest BCUT2D eigenvalue weighted by Crippen LogP contribution is -2.44. The van der Waals surface area contributed by atoms with E-state index < -0.39 is 6.10 Å². The number of piperidine rings is 1. The van der Waals surface area contributed by atoms with E-state index in [1.807, 2.05) is 24.3 Å². The third kappa shape index (κ3) is 4.85. The van der Waals surface area contributed by atoms with Crippen molar-refractivity contribution in [2.45, 2.75) is 32.5 Å². The minimum absolute atomic E-state index is 0.123. The predicted octanol–water partition coefficient (Wildman–Crippen LogP) is 2.18. The molecule has 1 aromatic rings. The Morgan fingerprint density at radius 1 is 1.21 bits per heavy atom. The van der Waals surface area contributed by atoms with Gasteiger partial charge in [-0.3, -0.25) is 0 Å². The fraction of sp³-hybridized carbons (Fsp3) is 0.684. The summed E-state index contributed by atoms with van der Waals surface area (Å²) < 4.78 is 17.2. The highest BCUT2D eigenvalue weighted by Gasteiger charge is 2.24. The summed E-state index contributed by atoms with van der Waals surface area (Å²) in [5.74, 6) is 2.95. The zero-order valence-electron chi connectivity index (χ0n) is 14.7. The van der Waals surface area contributed by atoms with Crippen LogP contribution in [-0.4, -0.2) is 61.7 Å². The number of nitrogens with zero attached hydrogens (tertiary/aromatic N) is 1. The van der Waals surface area contributed by atoms with Crippen LogP contribution in [0.5, 0.6) is 11.5 Å². The molecule has 134 valence electrons. The first-order chi connectivity index (χ1) is 11.6. The molecule has 0 saturated carbocycles. The number of fused-ring (bicyclic) bond motifs is 1. The maximum atomic E-state index is 10.2. The molecule has 1 N–H and O–H groups in total. The number of ether oxygens (including phenoxy) is 3. The van der Waals surface area contributed by atoms with Gasteiger partial charge in [0.15, 0.2) is 17.6 Å². The Morgan fingerprint density at radius 3 is 2.67 bits per heavy atom. The molecule has 0 radical (unpaired) electrons. The van der Waals surface area contributed by atoms with E-state index in [4.69, 9.17) is 14.2 Å². The van der Waals surface area contributed by atoms with Gasteiger partial charge < -0.3 is 24.2 Å². The highest BCUT2D eigenvalue weighted by Crippen LogP contribution is 2.30. The van der Waals surface area contributed by atoms with E-state index in [1.165, 1.54) is 6.42 Å². The molecule has 0 aromatic heterocycles. The van der Waals surface area contributed by atoms with E-state index in [-0.39, 0.29) is 6.10 Å². The molecule has 0 aliphatic carbocycles. The number of hydrogen-bond acceptors (Lipinski definition) is 5. The molecule has 1 fully saturated rings. The first-order valence-corrected chi connectivity index (χ1v) is 8.96. The van der Waals surface area contributed by atoms with Crippen molar-refractivity contribution >= 4 is 0 Å². The van der Waals surface area contributed by atoms with Crippen molar-refractivity contribution in [3.8, 4) is 11.5 Å². The third-order valence-electron chi connectivity index (χ3n) is 4.59. The summed E-state index contributed by atoms with van der Waals surface area (Å²) in [6.07, 6.45) is 0.699. The number of aliphatic hydroxyl groups excluding tert-OH is 1. The van der Waals surface area contributed by atoms with Crippen LogP contribution in [0.1, 0.15) is 20.3 Å².